The van der Waals surface area contributed by atoms with Gasteiger partial charge in [-0.1, -0.05) is 29.3 Å². The zero-order valence-corrected chi connectivity index (χ0v) is 16.0. The second kappa shape index (κ2) is 9.44. The normalized spacial score (nSPS) is 11.3. The van der Waals surface area contributed by atoms with E-state index in [2.05, 4.69) is 15.6 Å². The highest BCUT2D eigenvalue weighted by molar-refractivity contribution is 6.41. The minimum absolute atomic E-state index is 0.496. The van der Waals surface area contributed by atoms with E-state index in [1.165, 1.54) is 0 Å². The molecule has 0 amide bonds. The molecular weight excluding hydrogens is 363 g/mol. The SMILES string of the molecule is CN=C(NCCOc1cccc(OC)c1)NCc1cc(Cl)c(Cl)n1C. The zero-order valence-electron chi connectivity index (χ0n) is 14.5. The van der Waals surface area contributed by atoms with Crippen LogP contribution in [-0.4, -0.2) is 37.8 Å². The lowest BCUT2D eigenvalue weighted by Crippen LogP contribution is -2.39. The van der Waals surface area contributed by atoms with Crippen LogP contribution in [0.1, 0.15) is 5.69 Å². The molecule has 0 saturated carbocycles. The average Bonchev–Trinajstić information content (AvgIpc) is 2.88. The number of methoxy groups -OCH3 is 1. The van der Waals surface area contributed by atoms with E-state index >= 15 is 0 Å². The van der Waals surface area contributed by atoms with E-state index < -0.39 is 0 Å². The lowest BCUT2D eigenvalue weighted by Gasteiger charge is -2.13. The van der Waals surface area contributed by atoms with Gasteiger partial charge < -0.3 is 24.7 Å². The fourth-order valence-electron chi connectivity index (χ4n) is 2.18. The predicted octanol–water partition coefficient (Wildman–Crippen LogP) is 3.08. The summed E-state index contributed by atoms with van der Waals surface area (Å²) in [6.45, 7) is 1.65. The first-order chi connectivity index (χ1) is 12.0. The van der Waals surface area contributed by atoms with Crippen molar-refractivity contribution in [3.8, 4) is 11.5 Å². The van der Waals surface area contributed by atoms with E-state index in [1.807, 2.05) is 41.9 Å². The van der Waals surface area contributed by atoms with Crippen LogP contribution in [0, 0.1) is 0 Å². The van der Waals surface area contributed by atoms with Crippen molar-refractivity contribution < 1.29 is 9.47 Å². The summed E-state index contributed by atoms with van der Waals surface area (Å²) in [5.41, 5.74) is 0.964. The number of guanidine groups is 1. The standard InChI is InChI=1S/C17H22Cl2N4O2/c1-20-17(22-11-12-9-15(18)16(19)23(12)2)21-7-8-25-14-6-4-5-13(10-14)24-3/h4-6,9-10H,7-8,11H2,1-3H3,(H2,20,21,22). The van der Waals surface area contributed by atoms with Gasteiger partial charge in [0.25, 0.3) is 0 Å². The number of aromatic nitrogens is 1. The van der Waals surface area contributed by atoms with E-state index in [4.69, 9.17) is 32.7 Å². The van der Waals surface area contributed by atoms with Crippen molar-refractivity contribution in [2.24, 2.45) is 12.0 Å². The summed E-state index contributed by atoms with van der Waals surface area (Å²) in [7, 11) is 5.20. The van der Waals surface area contributed by atoms with Crippen LogP contribution in [0.4, 0.5) is 0 Å². The van der Waals surface area contributed by atoms with Crippen molar-refractivity contribution in [2.75, 3.05) is 27.3 Å². The van der Waals surface area contributed by atoms with Gasteiger partial charge in [-0.25, -0.2) is 0 Å². The maximum absolute atomic E-state index is 6.06. The molecule has 2 aromatic rings. The largest absolute Gasteiger partial charge is 0.497 e. The molecule has 0 fully saturated rings. The molecule has 0 bridgehead atoms. The van der Waals surface area contributed by atoms with Gasteiger partial charge in [0.05, 0.1) is 25.2 Å². The molecule has 1 aromatic carbocycles. The Hall–Kier alpha value is -2.05. The number of ether oxygens (including phenoxy) is 2. The summed E-state index contributed by atoms with van der Waals surface area (Å²) in [4.78, 5) is 4.18. The molecule has 25 heavy (non-hydrogen) atoms. The zero-order chi connectivity index (χ0) is 18.2. The van der Waals surface area contributed by atoms with Gasteiger partial charge in [-0.15, -0.1) is 0 Å². The fourth-order valence-corrected chi connectivity index (χ4v) is 2.60. The molecule has 0 spiro atoms. The number of rotatable bonds is 7. The van der Waals surface area contributed by atoms with Gasteiger partial charge in [0.1, 0.15) is 23.3 Å². The number of nitrogens with zero attached hydrogens (tertiary/aromatic N) is 2. The lowest BCUT2D eigenvalue weighted by atomic mass is 10.3. The maximum atomic E-state index is 6.06. The molecule has 0 atom stereocenters. The first-order valence-corrected chi connectivity index (χ1v) is 8.51. The summed E-state index contributed by atoms with van der Waals surface area (Å²) in [6, 6.07) is 9.32. The first-order valence-electron chi connectivity index (χ1n) is 7.76. The Morgan fingerprint density at radius 3 is 2.60 bits per heavy atom. The van der Waals surface area contributed by atoms with Crippen molar-refractivity contribution in [1.29, 1.82) is 0 Å². The fraction of sp³-hybridized carbons (Fsp3) is 0.353. The Bertz CT molecular complexity index is 731. The number of aliphatic imine (C=N–C) groups is 1. The summed E-state index contributed by atoms with van der Waals surface area (Å²) in [6.07, 6.45) is 0. The van der Waals surface area contributed by atoms with Crippen LogP contribution in [0.5, 0.6) is 11.5 Å². The Balaban J connectivity index is 1.75. The van der Waals surface area contributed by atoms with Crippen molar-refractivity contribution in [3.63, 3.8) is 0 Å². The minimum Gasteiger partial charge on any atom is -0.497 e. The number of benzene rings is 1. The third-order valence-corrected chi connectivity index (χ3v) is 4.42. The molecule has 1 heterocycles. The van der Waals surface area contributed by atoms with Gasteiger partial charge in [-0.2, -0.15) is 0 Å². The Morgan fingerprint density at radius 1 is 1.20 bits per heavy atom. The second-order valence-corrected chi connectivity index (χ2v) is 5.98. The Kier molecular flexibility index (Phi) is 7.28. The molecule has 136 valence electrons. The number of hydrogen-bond donors (Lipinski definition) is 2. The van der Waals surface area contributed by atoms with Gasteiger partial charge in [-0.3, -0.25) is 4.99 Å². The molecule has 0 aliphatic rings. The summed E-state index contributed by atoms with van der Waals surface area (Å²) < 4.78 is 12.7. The molecule has 8 heteroatoms. The first kappa shape index (κ1) is 19.3. The molecule has 0 aliphatic heterocycles. The second-order valence-electron chi connectivity index (χ2n) is 5.21. The van der Waals surface area contributed by atoms with E-state index in [0.29, 0.717) is 35.8 Å². The third-order valence-electron chi connectivity index (χ3n) is 3.58. The van der Waals surface area contributed by atoms with Gasteiger partial charge >= 0.3 is 0 Å². The van der Waals surface area contributed by atoms with Gasteiger partial charge in [0, 0.05) is 25.9 Å². The topological polar surface area (TPSA) is 59.8 Å². The van der Waals surface area contributed by atoms with Gasteiger partial charge in [-0.05, 0) is 18.2 Å². The summed E-state index contributed by atoms with van der Waals surface area (Å²) in [5.74, 6) is 2.20. The van der Waals surface area contributed by atoms with E-state index in [9.17, 15) is 0 Å². The molecule has 0 aliphatic carbocycles. The molecule has 6 nitrogen and oxygen atoms in total. The van der Waals surface area contributed by atoms with Crippen molar-refractivity contribution in [3.05, 3.63) is 46.2 Å². The van der Waals surface area contributed by atoms with Gasteiger partial charge in [0.15, 0.2) is 5.96 Å². The smallest absolute Gasteiger partial charge is 0.191 e. The van der Waals surface area contributed by atoms with Crippen LogP contribution in [0.15, 0.2) is 35.3 Å². The van der Waals surface area contributed by atoms with Crippen LogP contribution in [0.3, 0.4) is 0 Å². The van der Waals surface area contributed by atoms with E-state index in [1.54, 1.807) is 14.2 Å². The van der Waals surface area contributed by atoms with Crippen molar-refractivity contribution >= 4 is 29.2 Å². The van der Waals surface area contributed by atoms with Crippen LogP contribution < -0.4 is 20.1 Å². The average molecular weight is 385 g/mol. The van der Waals surface area contributed by atoms with Crippen LogP contribution >= 0.6 is 23.2 Å². The Labute approximate surface area is 157 Å². The van der Waals surface area contributed by atoms with E-state index in [0.717, 1.165) is 17.2 Å². The monoisotopic (exact) mass is 384 g/mol. The predicted molar refractivity (Wildman–Crippen MR) is 102 cm³/mol. The molecule has 2 rings (SSSR count). The minimum atomic E-state index is 0.496. The molecular formula is C17H22Cl2N4O2. The van der Waals surface area contributed by atoms with Crippen molar-refractivity contribution in [2.45, 2.75) is 6.54 Å². The van der Waals surface area contributed by atoms with E-state index in [-0.39, 0.29) is 0 Å². The highest BCUT2D eigenvalue weighted by Crippen LogP contribution is 2.24. The summed E-state index contributed by atoms with van der Waals surface area (Å²) in [5, 5.41) is 7.46. The highest BCUT2D eigenvalue weighted by atomic mass is 35.5. The van der Waals surface area contributed by atoms with Gasteiger partial charge in [0.2, 0.25) is 0 Å². The molecule has 2 N–H and O–H groups in total. The number of hydrogen-bond acceptors (Lipinski definition) is 3. The van der Waals surface area contributed by atoms with Crippen LogP contribution in [-0.2, 0) is 13.6 Å². The van der Waals surface area contributed by atoms with Crippen molar-refractivity contribution in [1.82, 2.24) is 15.2 Å². The molecule has 0 radical (unpaired) electrons. The van der Waals surface area contributed by atoms with Crippen LogP contribution in [0.2, 0.25) is 10.2 Å². The van der Waals surface area contributed by atoms with Crippen LogP contribution in [0.25, 0.3) is 0 Å². The number of halogens is 2. The lowest BCUT2D eigenvalue weighted by molar-refractivity contribution is 0.319. The summed E-state index contributed by atoms with van der Waals surface area (Å²) >= 11 is 12.1. The third kappa shape index (κ3) is 5.47. The molecule has 1 aromatic heterocycles. The highest BCUT2D eigenvalue weighted by Gasteiger charge is 2.09. The molecule has 0 unspecified atom stereocenters. The molecule has 0 saturated heterocycles. The number of nitrogens with one attached hydrogen (secondary N) is 2. The quantitative estimate of drug-likeness (QED) is 0.437. The maximum Gasteiger partial charge on any atom is 0.191 e. The Morgan fingerprint density at radius 2 is 1.96 bits per heavy atom.